The Bertz CT molecular complexity index is 3130. The van der Waals surface area contributed by atoms with E-state index in [2.05, 4.69) is 176 Å². The van der Waals surface area contributed by atoms with Crippen molar-refractivity contribution >= 4 is 10.9 Å². The zero-order chi connectivity index (χ0) is 39.9. The number of fused-ring (bicyclic) bond motifs is 3. The van der Waals surface area contributed by atoms with Crippen LogP contribution < -0.4 is 4.74 Å². The molecule has 0 fully saturated rings. The number of para-hydroxylation sites is 3. The second-order valence-electron chi connectivity index (χ2n) is 15.2. The molecule has 0 saturated heterocycles. The van der Waals surface area contributed by atoms with Gasteiger partial charge >= 0.3 is 0 Å². The fraction of sp³-hybridized carbons (Fsp3) is 0.0179. The molecule has 2 aromatic heterocycles. The fourth-order valence-corrected chi connectivity index (χ4v) is 8.88. The maximum absolute atomic E-state index is 6.70. The first kappa shape index (κ1) is 35.2. The van der Waals surface area contributed by atoms with Gasteiger partial charge in [0.05, 0.1) is 22.3 Å². The van der Waals surface area contributed by atoms with Crippen LogP contribution in [0.4, 0.5) is 0 Å². The van der Waals surface area contributed by atoms with E-state index >= 15 is 0 Å². The molecule has 0 atom stereocenters. The van der Waals surface area contributed by atoms with Gasteiger partial charge in [0.15, 0.2) is 5.82 Å². The van der Waals surface area contributed by atoms with Crippen LogP contribution in [0.5, 0.6) is 11.5 Å². The van der Waals surface area contributed by atoms with Gasteiger partial charge in [-0.1, -0.05) is 182 Å². The first-order valence-corrected chi connectivity index (χ1v) is 20.3. The summed E-state index contributed by atoms with van der Waals surface area (Å²) in [4.78, 5) is 15.3. The second-order valence-corrected chi connectivity index (χ2v) is 15.2. The summed E-state index contributed by atoms with van der Waals surface area (Å²) >= 11 is 0. The van der Waals surface area contributed by atoms with Gasteiger partial charge in [-0.05, 0) is 64.2 Å². The summed E-state index contributed by atoms with van der Waals surface area (Å²) in [6, 6.07) is 76.7. The average Bonchev–Trinajstić information content (AvgIpc) is 3.33. The molecule has 8 aromatic carbocycles. The van der Waals surface area contributed by atoms with E-state index in [1.165, 1.54) is 5.56 Å². The van der Waals surface area contributed by atoms with Crippen LogP contribution in [0.2, 0.25) is 0 Å². The largest absolute Gasteiger partial charge is 0.457 e. The van der Waals surface area contributed by atoms with Crippen molar-refractivity contribution in [2.24, 2.45) is 0 Å². The van der Waals surface area contributed by atoms with E-state index in [9.17, 15) is 0 Å². The molecule has 0 radical (unpaired) electrons. The maximum Gasteiger partial charge on any atom is 0.160 e. The summed E-state index contributed by atoms with van der Waals surface area (Å²) in [6.07, 6.45) is 1.87. The van der Waals surface area contributed by atoms with Crippen molar-refractivity contribution in [1.82, 2.24) is 15.0 Å². The Kier molecular flexibility index (Phi) is 8.67. The molecular formula is C56H37N3O. The Morgan fingerprint density at radius 2 is 0.883 bits per heavy atom. The van der Waals surface area contributed by atoms with E-state index < -0.39 is 5.41 Å². The topological polar surface area (TPSA) is 47.9 Å². The van der Waals surface area contributed by atoms with Gasteiger partial charge in [-0.2, -0.15) is 0 Å². The number of rotatable bonds is 7. The van der Waals surface area contributed by atoms with Gasteiger partial charge < -0.3 is 4.74 Å². The molecule has 4 nitrogen and oxygen atoms in total. The van der Waals surface area contributed by atoms with Crippen molar-refractivity contribution in [1.29, 1.82) is 0 Å². The molecule has 10 aromatic rings. The van der Waals surface area contributed by atoms with E-state index in [-0.39, 0.29) is 0 Å². The van der Waals surface area contributed by atoms with Gasteiger partial charge in [-0.15, -0.1) is 0 Å². The third kappa shape index (κ3) is 6.05. The first-order chi connectivity index (χ1) is 29.7. The van der Waals surface area contributed by atoms with Crippen molar-refractivity contribution < 1.29 is 4.74 Å². The molecule has 282 valence electrons. The highest BCUT2D eigenvalue weighted by atomic mass is 16.5. The zero-order valence-electron chi connectivity index (χ0n) is 32.6. The lowest BCUT2D eigenvalue weighted by Gasteiger charge is -2.41. The number of nitrogens with zero attached hydrogens (tertiary/aromatic N) is 3. The minimum Gasteiger partial charge on any atom is -0.457 e. The number of hydrogen-bond donors (Lipinski definition) is 0. The molecule has 0 amide bonds. The molecule has 0 saturated carbocycles. The molecule has 0 unspecified atom stereocenters. The smallest absolute Gasteiger partial charge is 0.160 e. The maximum atomic E-state index is 6.70. The lowest BCUT2D eigenvalue weighted by Crippen LogP contribution is -2.34. The molecule has 0 spiro atoms. The zero-order valence-corrected chi connectivity index (χ0v) is 32.6. The van der Waals surface area contributed by atoms with E-state index in [4.69, 9.17) is 19.7 Å². The third-order valence-electron chi connectivity index (χ3n) is 11.7. The number of aromatic nitrogens is 3. The predicted molar refractivity (Wildman–Crippen MR) is 243 cm³/mol. The number of pyridine rings is 1. The summed E-state index contributed by atoms with van der Waals surface area (Å²) in [5.41, 5.74) is 13.8. The highest BCUT2D eigenvalue weighted by Gasteiger charge is 2.45. The van der Waals surface area contributed by atoms with E-state index in [0.717, 1.165) is 89.4 Å². The van der Waals surface area contributed by atoms with Gasteiger partial charge in [-0.25, -0.2) is 9.97 Å². The lowest BCUT2D eigenvalue weighted by molar-refractivity contribution is 0.434. The quantitative estimate of drug-likeness (QED) is 0.162. The van der Waals surface area contributed by atoms with Crippen molar-refractivity contribution in [2.45, 2.75) is 5.41 Å². The Labute approximate surface area is 349 Å². The summed E-state index contributed by atoms with van der Waals surface area (Å²) in [7, 11) is 0. The minimum absolute atomic E-state index is 0.675. The normalized spacial score (nSPS) is 12.6. The standard InChI is InChI=1S/C56H37N3O/c1-3-15-38(16-4-1)39-30-32-40(33-31-39)50-37-51(59-55(58-50)42-17-5-2-6-18-42)44-21-12-24-46(36-44)56(48-26-7-9-28-52(48)60-53-29-10-8-27-49(53)56)45-23-11-20-43(35-45)47-25-13-19-41-22-14-34-57-54(41)47/h1-37H. The van der Waals surface area contributed by atoms with Crippen LogP contribution in [0, 0.1) is 0 Å². The number of ether oxygens (including phenoxy) is 1. The van der Waals surface area contributed by atoms with Crippen molar-refractivity contribution in [3.05, 3.63) is 247 Å². The SMILES string of the molecule is c1ccc(-c2ccc(-c3cc(-c4cccc(C5(c6cccc(-c7cccc8cccnc78)c6)c6ccccc6Oc6ccccc65)c4)nc(-c4ccccc4)n3)cc2)cc1. The molecule has 4 heteroatoms. The molecular weight excluding hydrogens is 731 g/mol. The summed E-state index contributed by atoms with van der Waals surface area (Å²) in [5.74, 6) is 2.33. The van der Waals surface area contributed by atoms with Crippen LogP contribution >= 0.6 is 0 Å². The van der Waals surface area contributed by atoms with Gasteiger partial charge in [-0.3, -0.25) is 4.98 Å². The minimum atomic E-state index is -0.749. The summed E-state index contributed by atoms with van der Waals surface area (Å²) in [5, 5.41) is 1.11. The summed E-state index contributed by atoms with van der Waals surface area (Å²) < 4.78 is 6.70. The number of hydrogen-bond acceptors (Lipinski definition) is 4. The van der Waals surface area contributed by atoms with Gasteiger partial charge in [0.2, 0.25) is 0 Å². The molecule has 0 aliphatic carbocycles. The highest BCUT2D eigenvalue weighted by molar-refractivity contribution is 5.94. The van der Waals surface area contributed by atoms with Crippen molar-refractivity contribution in [2.75, 3.05) is 0 Å². The molecule has 0 bridgehead atoms. The third-order valence-corrected chi connectivity index (χ3v) is 11.7. The van der Waals surface area contributed by atoms with Crippen LogP contribution in [-0.2, 0) is 5.41 Å². The first-order valence-electron chi connectivity index (χ1n) is 20.3. The van der Waals surface area contributed by atoms with Crippen LogP contribution in [0.1, 0.15) is 22.3 Å². The van der Waals surface area contributed by atoms with Crippen LogP contribution in [0.3, 0.4) is 0 Å². The predicted octanol–water partition coefficient (Wildman–Crippen LogP) is 13.8. The molecule has 60 heavy (non-hydrogen) atoms. The highest BCUT2D eigenvalue weighted by Crippen LogP contribution is 2.56. The van der Waals surface area contributed by atoms with Crippen LogP contribution in [0.25, 0.3) is 67.1 Å². The molecule has 1 aliphatic heterocycles. The van der Waals surface area contributed by atoms with E-state index in [1.807, 2.05) is 48.7 Å². The Hall–Kier alpha value is -7.95. The molecule has 1 aliphatic rings. The Morgan fingerprint density at radius 1 is 0.367 bits per heavy atom. The van der Waals surface area contributed by atoms with Crippen molar-refractivity contribution in [3.63, 3.8) is 0 Å². The lowest BCUT2D eigenvalue weighted by atomic mass is 9.63. The monoisotopic (exact) mass is 767 g/mol. The Morgan fingerprint density at radius 3 is 1.58 bits per heavy atom. The van der Waals surface area contributed by atoms with Gasteiger partial charge in [0.1, 0.15) is 11.5 Å². The van der Waals surface area contributed by atoms with E-state index in [1.54, 1.807) is 0 Å². The average molecular weight is 768 g/mol. The Balaban J connectivity index is 1.12. The van der Waals surface area contributed by atoms with Gasteiger partial charge in [0, 0.05) is 45.0 Å². The van der Waals surface area contributed by atoms with E-state index in [0.29, 0.717) is 5.82 Å². The molecule has 3 heterocycles. The molecule has 0 N–H and O–H groups in total. The van der Waals surface area contributed by atoms with Crippen molar-refractivity contribution in [3.8, 4) is 67.7 Å². The summed E-state index contributed by atoms with van der Waals surface area (Å²) in [6.45, 7) is 0. The molecule has 11 rings (SSSR count). The van der Waals surface area contributed by atoms with Crippen LogP contribution in [-0.4, -0.2) is 15.0 Å². The van der Waals surface area contributed by atoms with Gasteiger partial charge in [0.25, 0.3) is 0 Å². The second kappa shape index (κ2) is 14.8. The fourth-order valence-electron chi connectivity index (χ4n) is 8.88. The van der Waals surface area contributed by atoms with Crippen LogP contribution in [0.15, 0.2) is 225 Å². The number of benzene rings is 8.